The summed E-state index contributed by atoms with van der Waals surface area (Å²) >= 11 is 0. The van der Waals surface area contributed by atoms with Crippen LogP contribution in [0.25, 0.3) is 16.6 Å². The average molecular weight is 491 g/mol. The molecule has 36 heavy (non-hydrogen) atoms. The van der Waals surface area contributed by atoms with Gasteiger partial charge in [-0.3, -0.25) is 19.1 Å². The Morgan fingerprint density at radius 3 is 2.44 bits per heavy atom. The van der Waals surface area contributed by atoms with Crippen molar-refractivity contribution in [2.45, 2.75) is 58.9 Å². The topological polar surface area (TPSA) is 67.7 Å². The largest absolute Gasteiger partial charge is 0.492 e. The first-order valence-corrected chi connectivity index (χ1v) is 13.3. The van der Waals surface area contributed by atoms with Crippen molar-refractivity contribution in [1.29, 1.82) is 0 Å². The third-order valence-electron chi connectivity index (χ3n) is 7.04. The molecule has 4 rings (SSSR count). The zero-order valence-corrected chi connectivity index (χ0v) is 21.8. The Labute approximate surface area is 213 Å². The van der Waals surface area contributed by atoms with Gasteiger partial charge in [0.05, 0.1) is 29.2 Å². The minimum atomic E-state index is -0.112. The van der Waals surface area contributed by atoms with Crippen LogP contribution in [0.1, 0.15) is 64.7 Å². The summed E-state index contributed by atoms with van der Waals surface area (Å²) in [6.07, 6.45) is 5.08. The van der Waals surface area contributed by atoms with Crippen LogP contribution in [-0.2, 0) is 4.79 Å². The summed E-state index contributed by atoms with van der Waals surface area (Å²) in [5.74, 6) is 1.60. The Bertz CT molecular complexity index is 1230. The highest BCUT2D eigenvalue weighted by Crippen LogP contribution is 2.28. The molecule has 1 saturated heterocycles. The lowest BCUT2D eigenvalue weighted by Crippen LogP contribution is -2.49. The van der Waals surface area contributed by atoms with Crippen molar-refractivity contribution in [1.82, 2.24) is 19.4 Å². The van der Waals surface area contributed by atoms with Gasteiger partial charge in [0.25, 0.3) is 5.56 Å². The second-order valence-electron chi connectivity index (χ2n) is 9.43. The molecular weight excluding hydrogens is 452 g/mol. The molecule has 0 N–H and O–H groups in total. The number of hydrogen-bond acceptors (Lipinski definition) is 5. The lowest BCUT2D eigenvalue weighted by molar-refractivity contribution is -0.133. The fourth-order valence-corrected chi connectivity index (χ4v) is 4.97. The van der Waals surface area contributed by atoms with Crippen LogP contribution in [0.2, 0.25) is 0 Å². The van der Waals surface area contributed by atoms with Gasteiger partial charge in [0.2, 0.25) is 5.91 Å². The SMILES string of the molecule is CCCCCCC(=O)N1CCN(C(C)c2nc3ccccc3c(=O)n2-c2ccccc2OCC)CC1. The third kappa shape index (κ3) is 5.62. The van der Waals surface area contributed by atoms with Crippen molar-refractivity contribution < 1.29 is 9.53 Å². The van der Waals surface area contributed by atoms with Gasteiger partial charge in [-0.1, -0.05) is 50.5 Å². The number of unbranched alkanes of at least 4 members (excludes halogenated alkanes) is 3. The molecule has 0 spiro atoms. The summed E-state index contributed by atoms with van der Waals surface area (Å²) in [6, 6.07) is 15.0. The van der Waals surface area contributed by atoms with E-state index in [1.807, 2.05) is 60.4 Å². The lowest BCUT2D eigenvalue weighted by atomic mass is 10.1. The number of carbonyl (C=O) groups excluding carboxylic acids is 1. The first kappa shape index (κ1) is 25.9. The maximum absolute atomic E-state index is 13.8. The van der Waals surface area contributed by atoms with E-state index < -0.39 is 0 Å². The Morgan fingerprint density at radius 1 is 0.972 bits per heavy atom. The maximum atomic E-state index is 13.8. The molecule has 2 aromatic carbocycles. The normalized spacial score (nSPS) is 15.2. The van der Waals surface area contributed by atoms with E-state index in [4.69, 9.17) is 9.72 Å². The number of rotatable bonds is 10. The molecule has 2 heterocycles. The number of ether oxygens (including phenoxy) is 1. The number of hydrogen-bond donors (Lipinski definition) is 0. The highest BCUT2D eigenvalue weighted by atomic mass is 16.5. The highest BCUT2D eigenvalue weighted by Gasteiger charge is 2.28. The summed E-state index contributed by atoms with van der Waals surface area (Å²) in [4.78, 5) is 35.7. The van der Waals surface area contributed by atoms with E-state index in [2.05, 4.69) is 18.7 Å². The van der Waals surface area contributed by atoms with E-state index >= 15 is 0 Å². The molecule has 192 valence electrons. The molecule has 1 amide bonds. The van der Waals surface area contributed by atoms with Crippen LogP contribution < -0.4 is 10.3 Å². The summed E-state index contributed by atoms with van der Waals surface area (Å²) in [5, 5.41) is 0.582. The minimum Gasteiger partial charge on any atom is -0.492 e. The first-order chi connectivity index (χ1) is 17.5. The molecule has 3 aromatic rings. The lowest BCUT2D eigenvalue weighted by Gasteiger charge is -2.38. The predicted molar refractivity (Wildman–Crippen MR) is 144 cm³/mol. The van der Waals surface area contributed by atoms with Crippen molar-refractivity contribution in [3.8, 4) is 11.4 Å². The van der Waals surface area contributed by atoms with Gasteiger partial charge in [-0.05, 0) is 44.5 Å². The standard InChI is InChI=1S/C29H38N4O3/c1-4-6-7-8-17-27(34)32-20-18-31(19-21-32)22(3)28-30-24-14-10-9-13-23(24)29(35)33(28)25-15-11-12-16-26(25)36-5-2/h9-16,22H,4-8,17-21H2,1-3H3. The number of amides is 1. The van der Waals surface area contributed by atoms with Gasteiger partial charge < -0.3 is 9.64 Å². The van der Waals surface area contributed by atoms with Crippen molar-refractivity contribution in [3.63, 3.8) is 0 Å². The van der Waals surface area contributed by atoms with Crippen molar-refractivity contribution in [2.24, 2.45) is 0 Å². The molecule has 1 fully saturated rings. The molecule has 0 aliphatic carbocycles. The molecule has 1 aliphatic rings. The van der Waals surface area contributed by atoms with Crippen LogP contribution in [0.3, 0.4) is 0 Å². The van der Waals surface area contributed by atoms with Gasteiger partial charge in [0.15, 0.2) is 0 Å². The van der Waals surface area contributed by atoms with Gasteiger partial charge in [-0.2, -0.15) is 0 Å². The molecule has 7 heteroatoms. The number of nitrogens with zero attached hydrogens (tertiary/aromatic N) is 4. The van der Waals surface area contributed by atoms with Crippen LogP contribution in [0.5, 0.6) is 5.75 Å². The van der Waals surface area contributed by atoms with Crippen molar-refractivity contribution in [3.05, 3.63) is 64.7 Å². The molecule has 1 atom stereocenters. The summed E-state index contributed by atoms with van der Waals surface area (Å²) in [7, 11) is 0. The number of fused-ring (bicyclic) bond motifs is 1. The molecule has 0 radical (unpaired) electrons. The predicted octanol–water partition coefficient (Wildman–Crippen LogP) is 4.96. The van der Waals surface area contributed by atoms with Gasteiger partial charge in [0, 0.05) is 32.6 Å². The quantitative estimate of drug-likeness (QED) is 0.376. The molecule has 0 saturated carbocycles. The molecule has 0 bridgehead atoms. The molecule has 1 unspecified atom stereocenters. The van der Waals surface area contributed by atoms with Crippen LogP contribution in [-0.4, -0.2) is 58.0 Å². The van der Waals surface area contributed by atoms with Gasteiger partial charge in [-0.15, -0.1) is 0 Å². The fraction of sp³-hybridized carbons (Fsp3) is 0.483. The van der Waals surface area contributed by atoms with E-state index in [1.54, 1.807) is 4.57 Å². The minimum absolute atomic E-state index is 0.101. The summed E-state index contributed by atoms with van der Waals surface area (Å²) in [6.45, 7) is 9.61. The van der Waals surface area contributed by atoms with Crippen LogP contribution in [0.4, 0.5) is 0 Å². The maximum Gasteiger partial charge on any atom is 0.266 e. The average Bonchev–Trinajstić information content (AvgIpc) is 2.91. The van der Waals surface area contributed by atoms with Crippen molar-refractivity contribution >= 4 is 16.8 Å². The van der Waals surface area contributed by atoms with Crippen LogP contribution in [0, 0.1) is 0 Å². The molecular formula is C29H38N4O3. The van der Waals surface area contributed by atoms with E-state index in [0.29, 0.717) is 54.3 Å². The second-order valence-corrected chi connectivity index (χ2v) is 9.43. The third-order valence-corrected chi connectivity index (χ3v) is 7.04. The monoisotopic (exact) mass is 490 g/mol. The molecule has 7 nitrogen and oxygen atoms in total. The zero-order chi connectivity index (χ0) is 25.5. The van der Waals surface area contributed by atoms with Gasteiger partial charge in [-0.25, -0.2) is 4.98 Å². The van der Waals surface area contributed by atoms with Crippen LogP contribution >= 0.6 is 0 Å². The second kappa shape index (κ2) is 12.2. The van der Waals surface area contributed by atoms with E-state index in [0.717, 1.165) is 25.9 Å². The Morgan fingerprint density at radius 2 is 1.69 bits per heavy atom. The summed E-state index contributed by atoms with van der Waals surface area (Å²) < 4.78 is 7.59. The summed E-state index contributed by atoms with van der Waals surface area (Å²) in [5.41, 5.74) is 1.29. The Balaban J connectivity index is 1.61. The fourth-order valence-electron chi connectivity index (χ4n) is 4.97. The van der Waals surface area contributed by atoms with E-state index in [1.165, 1.54) is 12.8 Å². The number of piperazine rings is 1. The van der Waals surface area contributed by atoms with Crippen molar-refractivity contribution in [2.75, 3.05) is 32.8 Å². The van der Waals surface area contributed by atoms with E-state index in [-0.39, 0.29) is 17.5 Å². The van der Waals surface area contributed by atoms with E-state index in [9.17, 15) is 9.59 Å². The number of aromatic nitrogens is 2. The van der Waals surface area contributed by atoms with Gasteiger partial charge >= 0.3 is 0 Å². The Kier molecular flexibility index (Phi) is 8.75. The van der Waals surface area contributed by atoms with Crippen LogP contribution in [0.15, 0.2) is 53.3 Å². The number of para-hydroxylation sites is 3. The number of carbonyl (C=O) groups is 1. The molecule has 1 aliphatic heterocycles. The zero-order valence-electron chi connectivity index (χ0n) is 21.8. The highest BCUT2D eigenvalue weighted by molar-refractivity contribution is 5.78. The van der Waals surface area contributed by atoms with Gasteiger partial charge in [0.1, 0.15) is 11.6 Å². The first-order valence-electron chi connectivity index (χ1n) is 13.3. The molecule has 1 aromatic heterocycles. The number of benzene rings is 2. The smallest absolute Gasteiger partial charge is 0.266 e. The Hall–Kier alpha value is -3.19.